The number of thiol groups is 1. The lowest BCUT2D eigenvalue weighted by atomic mass is 10.4. The van der Waals surface area contributed by atoms with E-state index < -0.39 is 0 Å². The number of rotatable bonds is 5. The molecule has 0 fully saturated rings. The third-order valence-corrected chi connectivity index (χ3v) is 1.70. The zero-order chi connectivity index (χ0) is 8.81. The highest BCUT2D eigenvalue weighted by atomic mass is 32.1. The Morgan fingerprint density at radius 1 is 1.58 bits per heavy atom. The van der Waals surface area contributed by atoms with Gasteiger partial charge in [0.05, 0.1) is 12.4 Å². The number of alkyl halides is 1. The first-order chi connectivity index (χ1) is 5.86. The van der Waals surface area contributed by atoms with Gasteiger partial charge in [-0.1, -0.05) is 5.21 Å². The van der Waals surface area contributed by atoms with Gasteiger partial charge in [0, 0.05) is 19.2 Å². The van der Waals surface area contributed by atoms with Crippen molar-refractivity contribution >= 4 is 12.6 Å². The molecule has 0 aliphatic heterocycles. The molecule has 1 heterocycles. The molecule has 0 saturated heterocycles. The van der Waals surface area contributed by atoms with Crippen molar-refractivity contribution in [3.05, 3.63) is 11.9 Å². The second-order valence-electron chi connectivity index (χ2n) is 2.49. The van der Waals surface area contributed by atoms with Crippen LogP contribution in [-0.2, 0) is 13.0 Å². The summed E-state index contributed by atoms with van der Waals surface area (Å²) in [5.41, 5.74) is 0.920. The van der Waals surface area contributed by atoms with Crippen molar-refractivity contribution in [2.24, 2.45) is 0 Å². The van der Waals surface area contributed by atoms with E-state index in [1.807, 2.05) is 6.20 Å². The summed E-state index contributed by atoms with van der Waals surface area (Å²) in [7, 11) is 0. The van der Waals surface area contributed by atoms with Crippen LogP contribution in [0.5, 0.6) is 0 Å². The molecular weight excluding hydrogens is 177 g/mol. The number of hydrogen-bond acceptors (Lipinski definition) is 3. The first kappa shape index (κ1) is 9.51. The molecule has 12 heavy (non-hydrogen) atoms. The normalized spacial score (nSPS) is 10.5. The summed E-state index contributed by atoms with van der Waals surface area (Å²) >= 11 is 4.07. The molecular formula is C7H12FN3S. The Morgan fingerprint density at radius 2 is 2.42 bits per heavy atom. The molecule has 0 atom stereocenters. The van der Waals surface area contributed by atoms with Crippen LogP contribution in [0.25, 0.3) is 0 Å². The minimum Gasteiger partial charge on any atom is -0.252 e. The Morgan fingerprint density at radius 3 is 3.08 bits per heavy atom. The topological polar surface area (TPSA) is 30.7 Å². The van der Waals surface area contributed by atoms with Crippen molar-refractivity contribution in [3.8, 4) is 0 Å². The number of nitrogens with zero attached hydrogens (tertiary/aromatic N) is 3. The van der Waals surface area contributed by atoms with E-state index >= 15 is 0 Å². The number of hydrogen-bond donors (Lipinski definition) is 1. The van der Waals surface area contributed by atoms with Gasteiger partial charge in [0.15, 0.2) is 0 Å². The first-order valence-corrected chi connectivity index (χ1v) is 4.56. The summed E-state index contributed by atoms with van der Waals surface area (Å²) in [6.45, 7) is 0.303. The molecule has 0 aliphatic carbocycles. The lowest BCUT2D eigenvalue weighted by Crippen LogP contribution is -1.99. The molecule has 0 amide bonds. The highest BCUT2D eigenvalue weighted by Crippen LogP contribution is 1.97. The van der Waals surface area contributed by atoms with Gasteiger partial charge in [0.1, 0.15) is 0 Å². The maximum atomic E-state index is 11.8. The molecule has 1 rings (SSSR count). The second-order valence-corrected chi connectivity index (χ2v) is 2.94. The molecule has 68 valence electrons. The van der Waals surface area contributed by atoms with E-state index in [4.69, 9.17) is 0 Å². The van der Waals surface area contributed by atoms with E-state index in [1.165, 1.54) is 0 Å². The minimum atomic E-state index is -0.304. The van der Waals surface area contributed by atoms with Crippen LogP contribution >= 0.6 is 12.6 Å². The molecule has 0 aromatic carbocycles. The van der Waals surface area contributed by atoms with Gasteiger partial charge in [-0.05, 0) is 12.2 Å². The van der Waals surface area contributed by atoms with Gasteiger partial charge < -0.3 is 0 Å². The first-order valence-electron chi connectivity index (χ1n) is 3.92. The predicted molar refractivity (Wildman–Crippen MR) is 48.2 cm³/mol. The molecule has 1 aromatic heterocycles. The van der Waals surface area contributed by atoms with Gasteiger partial charge in [-0.25, -0.2) is 0 Å². The van der Waals surface area contributed by atoms with E-state index in [2.05, 4.69) is 22.9 Å². The van der Waals surface area contributed by atoms with E-state index in [9.17, 15) is 4.39 Å². The zero-order valence-electron chi connectivity index (χ0n) is 6.78. The van der Waals surface area contributed by atoms with Crippen LogP contribution < -0.4 is 0 Å². The average Bonchev–Trinajstić information content (AvgIpc) is 2.50. The summed E-state index contributed by atoms with van der Waals surface area (Å²) < 4.78 is 13.4. The molecule has 0 saturated carbocycles. The van der Waals surface area contributed by atoms with Crippen molar-refractivity contribution in [1.29, 1.82) is 0 Å². The average molecular weight is 189 g/mol. The fourth-order valence-corrected chi connectivity index (χ4v) is 1.13. The lowest BCUT2D eigenvalue weighted by molar-refractivity contribution is 0.431. The molecule has 0 aliphatic rings. The highest BCUT2D eigenvalue weighted by Gasteiger charge is 1.98. The van der Waals surface area contributed by atoms with Crippen LogP contribution in [-0.4, -0.2) is 27.4 Å². The van der Waals surface area contributed by atoms with Crippen LogP contribution in [0.2, 0.25) is 0 Å². The largest absolute Gasteiger partial charge is 0.252 e. The molecule has 0 spiro atoms. The third-order valence-electron chi connectivity index (χ3n) is 1.47. The van der Waals surface area contributed by atoms with E-state index in [0.717, 1.165) is 17.9 Å². The summed E-state index contributed by atoms with van der Waals surface area (Å²) in [5, 5.41) is 7.74. The van der Waals surface area contributed by atoms with Crippen molar-refractivity contribution in [2.75, 3.05) is 12.4 Å². The Hall–Kier alpha value is -0.580. The fraction of sp³-hybridized carbons (Fsp3) is 0.714. The van der Waals surface area contributed by atoms with Crippen LogP contribution in [0.3, 0.4) is 0 Å². The number of aromatic nitrogens is 3. The fourth-order valence-electron chi connectivity index (χ4n) is 0.899. The molecule has 0 N–H and O–H groups in total. The Labute approximate surface area is 76.4 Å². The molecule has 0 radical (unpaired) electrons. The van der Waals surface area contributed by atoms with Crippen LogP contribution in [0.1, 0.15) is 12.1 Å². The van der Waals surface area contributed by atoms with Gasteiger partial charge in [-0.15, -0.1) is 5.10 Å². The quantitative estimate of drug-likeness (QED) is 0.703. The molecule has 0 bridgehead atoms. The van der Waals surface area contributed by atoms with Crippen molar-refractivity contribution in [1.82, 2.24) is 15.0 Å². The van der Waals surface area contributed by atoms with Crippen molar-refractivity contribution in [3.63, 3.8) is 0 Å². The zero-order valence-corrected chi connectivity index (χ0v) is 7.67. The van der Waals surface area contributed by atoms with Crippen LogP contribution in [0, 0.1) is 0 Å². The van der Waals surface area contributed by atoms with E-state index in [-0.39, 0.29) is 6.67 Å². The van der Waals surface area contributed by atoms with E-state index in [1.54, 1.807) is 4.68 Å². The highest BCUT2D eigenvalue weighted by molar-refractivity contribution is 7.80. The van der Waals surface area contributed by atoms with E-state index in [0.29, 0.717) is 13.0 Å². The van der Waals surface area contributed by atoms with Gasteiger partial charge in [0.25, 0.3) is 0 Å². The van der Waals surface area contributed by atoms with Crippen LogP contribution in [0.4, 0.5) is 4.39 Å². The van der Waals surface area contributed by atoms with Gasteiger partial charge >= 0.3 is 0 Å². The smallest absolute Gasteiger partial charge is 0.0912 e. The van der Waals surface area contributed by atoms with Crippen molar-refractivity contribution in [2.45, 2.75) is 19.4 Å². The summed E-state index contributed by atoms with van der Waals surface area (Å²) in [5.74, 6) is 0.766. The third kappa shape index (κ3) is 2.81. The van der Waals surface area contributed by atoms with Gasteiger partial charge in [0.2, 0.25) is 0 Å². The predicted octanol–water partition coefficient (Wildman–Crippen LogP) is 1.11. The molecule has 0 unspecified atom stereocenters. The molecule has 5 heteroatoms. The standard InChI is InChI=1S/C7H12FN3S/c8-3-1-4-11-6-7(2-5-12)9-10-11/h6,12H,1-5H2. The molecule has 3 nitrogen and oxygen atoms in total. The van der Waals surface area contributed by atoms with Crippen LogP contribution in [0.15, 0.2) is 6.20 Å². The summed E-state index contributed by atoms with van der Waals surface area (Å²) in [6, 6.07) is 0. The monoisotopic (exact) mass is 189 g/mol. The Balaban J connectivity index is 2.41. The SMILES string of the molecule is FCCCn1cc(CCS)nn1. The molecule has 1 aromatic rings. The van der Waals surface area contributed by atoms with Crippen molar-refractivity contribution < 1.29 is 4.39 Å². The number of aryl methyl sites for hydroxylation is 2. The Bertz CT molecular complexity index is 226. The van der Waals surface area contributed by atoms with Gasteiger partial charge in [-0.3, -0.25) is 9.07 Å². The number of halogens is 1. The minimum absolute atomic E-state index is 0.304. The Kier molecular flexibility index (Phi) is 4.07. The maximum Gasteiger partial charge on any atom is 0.0912 e. The van der Waals surface area contributed by atoms with Gasteiger partial charge in [-0.2, -0.15) is 12.6 Å². The summed E-state index contributed by atoms with van der Waals surface area (Å²) in [4.78, 5) is 0. The maximum absolute atomic E-state index is 11.8. The lowest BCUT2D eigenvalue weighted by Gasteiger charge is -1.93. The second kappa shape index (κ2) is 5.13. The summed E-state index contributed by atoms with van der Waals surface area (Å²) in [6.07, 6.45) is 3.16.